The third-order valence-corrected chi connectivity index (χ3v) is 8.81. The molecule has 3 fully saturated rings. The maximum atomic E-state index is 12.4. The van der Waals surface area contributed by atoms with Crippen LogP contribution in [-0.2, 0) is 9.53 Å². The summed E-state index contributed by atoms with van der Waals surface area (Å²) in [6.07, 6.45) is 27.5. The monoisotopic (exact) mass is 425 g/mol. The Morgan fingerprint density at radius 3 is 2.52 bits per heavy atom. The molecule has 4 aliphatic rings. The third kappa shape index (κ3) is 6.12. The number of hydrogen-bond donors (Lipinski definition) is 1. The van der Waals surface area contributed by atoms with Crippen molar-refractivity contribution < 1.29 is 9.53 Å². The van der Waals surface area contributed by atoms with E-state index in [0.29, 0.717) is 6.42 Å². The smallest absolute Gasteiger partial charge is 0.224 e. The van der Waals surface area contributed by atoms with E-state index >= 15 is 0 Å². The lowest BCUT2D eigenvalue weighted by Crippen LogP contribution is -2.37. The lowest BCUT2D eigenvalue weighted by molar-refractivity contribution is -0.120. The molecule has 3 heteroatoms. The largest absolute Gasteiger partial charge is 0.370 e. The van der Waals surface area contributed by atoms with Gasteiger partial charge in [0.2, 0.25) is 5.91 Å². The number of unbranched alkanes of at least 4 members (excludes halogenated alkanes) is 1. The number of nitrogens with one attached hydrogen (secondary N) is 1. The molecule has 0 heterocycles. The van der Waals surface area contributed by atoms with E-state index in [4.69, 9.17) is 4.74 Å². The van der Waals surface area contributed by atoms with Gasteiger partial charge in [-0.15, -0.1) is 0 Å². The van der Waals surface area contributed by atoms with Gasteiger partial charge in [0, 0.05) is 19.2 Å². The summed E-state index contributed by atoms with van der Waals surface area (Å²) < 4.78 is 5.49. The fourth-order valence-corrected chi connectivity index (χ4v) is 6.84. The van der Waals surface area contributed by atoms with Crippen LogP contribution in [0.3, 0.4) is 0 Å². The molecule has 3 nitrogen and oxygen atoms in total. The number of amides is 1. The first kappa shape index (κ1) is 22.8. The molecule has 4 rings (SSSR count). The van der Waals surface area contributed by atoms with Crippen molar-refractivity contribution >= 4 is 5.91 Å². The molecule has 0 aromatic carbocycles. The van der Waals surface area contributed by atoms with E-state index in [9.17, 15) is 4.79 Å². The van der Waals surface area contributed by atoms with E-state index in [-0.39, 0.29) is 5.91 Å². The van der Waals surface area contributed by atoms with Crippen molar-refractivity contribution in [3.05, 3.63) is 36.1 Å². The third-order valence-electron chi connectivity index (χ3n) is 8.81. The van der Waals surface area contributed by atoms with Crippen LogP contribution in [0.15, 0.2) is 36.1 Å². The topological polar surface area (TPSA) is 38.3 Å². The zero-order valence-electron chi connectivity index (χ0n) is 19.8. The van der Waals surface area contributed by atoms with Crippen LogP contribution in [0.4, 0.5) is 0 Å². The highest BCUT2D eigenvalue weighted by molar-refractivity contribution is 5.78. The molecule has 1 amide bonds. The average Bonchev–Trinajstić information content (AvgIpc) is 2.97. The summed E-state index contributed by atoms with van der Waals surface area (Å²) in [5.41, 5.74) is 0.441. The van der Waals surface area contributed by atoms with Crippen molar-refractivity contribution in [1.82, 2.24) is 5.32 Å². The van der Waals surface area contributed by atoms with Crippen molar-refractivity contribution in [2.45, 2.75) is 96.0 Å². The zero-order valence-corrected chi connectivity index (χ0v) is 19.8. The summed E-state index contributed by atoms with van der Waals surface area (Å²) >= 11 is 0. The Morgan fingerprint density at radius 2 is 1.74 bits per heavy atom. The van der Waals surface area contributed by atoms with Gasteiger partial charge in [0.25, 0.3) is 0 Å². The predicted molar refractivity (Wildman–Crippen MR) is 127 cm³/mol. The molecule has 1 N–H and O–H groups in total. The molecule has 0 saturated heterocycles. The Hall–Kier alpha value is -1.35. The van der Waals surface area contributed by atoms with Gasteiger partial charge in [-0.2, -0.15) is 0 Å². The number of carbonyl (C=O) groups excluding carboxylic acids is 1. The van der Waals surface area contributed by atoms with E-state index in [1.54, 1.807) is 13.5 Å². The summed E-state index contributed by atoms with van der Waals surface area (Å²) in [5.74, 6) is 5.22. The number of rotatable bonds is 7. The predicted octanol–water partition coefficient (Wildman–Crippen LogP) is 6.71. The number of allylic oxidation sites excluding steroid dienone is 3. The van der Waals surface area contributed by atoms with Gasteiger partial charge >= 0.3 is 0 Å². The van der Waals surface area contributed by atoms with Crippen LogP contribution >= 0.6 is 0 Å². The minimum atomic E-state index is -0.405. The molecule has 0 radical (unpaired) electrons. The Morgan fingerprint density at radius 1 is 1.00 bits per heavy atom. The first-order chi connectivity index (χ1) is 15.0. The molecule has 0 aromatic heterocycles. The molecule has 3 saturated carbocycles. The summed E-state index contributed by atoms with van der Waals surface area (Å²) in [5, 5.41) is 3.05. The Balaban J connectivity index is 1.14. The van der Waals surface area contributed by atoms with Crippen LogP contribution in [0, 0.1) is 29.6 Å². The lowest BCUT2D eigenvalue weighted by atomic mass is 9.58. The van der Waals surface area contributed by atoms with Gasteiger partial charge in [0.05, 0.1) is 0 Å². The standard InChI is InChI=1S/C28H43NO2/c1-28(31-2)16-7-11-26(15-17-28)29-27(30)12-6-3-8-21-13-14-24-19-22-9-4-5-10-23(22)20-25(24)18-21/h7,11,15-17,21-25H,3-6,8-10,12-14,18-20H2,1-2H3,(H,29,30). The zero-order chi connectivity index (χ0) is 21.7. The van der Waals surface area contributed by atoms with Crippen molar-refractivity contribution in [2.75, 3.05) is 7.11 Å². The number of carbonyl (C=O) groups is 1. The number of methoxy groups -OCH3 is 1. The second-order valence-corrected chi connectivity index (χ2v) is 11.0. The quantitative estimate of drug-likeness (QED) is 0.460. The van der Waals surface area contributed by atoms with Crippen LogP contribution in [0.1, 0.15) is 90.4 Å². The van der Waals surface area contributed by atoms with Gasteiger partial charge in [0.15, 0.2) is 0 Å². The maximum Gasteiger partial charge on any atom is 0.224 e. The lowest BCUT2D eigenvalue weighted by Gasteiger charge is -2.47. The van der Waals surface area contributed by atoms with Crippen LogP contribution in [0.5, 0.6) is 0 Å². The van der Waals surface area contributed by atoms with Crippen molar-refractivity contribution in [2.24, 2.45) is 29.6 Å². The van der Waals surface area contributed by atoms with E-state index in [1.165, 1.54) is 64.2 Å². The van der Waals surface area contributed by atoms with Crippen molar-refractivity contribution in [3.8, 4) is 0 Å². The van der Waals surface area contributed by atoms with E-state index in [1.807, 2.05) is 37.3 Å². The number of hydrogen-bond acceptors (Lipinski definition) is 2. The minimum absolute atomic E-state index is 0.129. The Kier molecular flexibility index (Phi) is 7.74. The second kappa shape index (κ2) is 10.5. The normalized spacial score (nSPS) is 37.4. The first-order valence-corrected chi connectivity index (χ1v) is 13.0. The molecule has 0 aliphatic heterocycles. The number of fused-ring (bicyclic) bond motifs is 2. The molecule has 0 spiro atoms. The minimum Gasteiger partial charge on any atom is -0.370 e. The van der Waals surface area contributed by atoms with Crippen LogP contribution in [-0.4, -0.2) is 18.6 Å². The van der Waals surface area contributed by atoms with E-state index < -0.39 is 5.60 Å². The van der Waals surface area contributed by atoms with Gasteiger partial charge < -0.3 is 10.1 Å². The van der Waals surface area contributed by atoms with E-state index in [2.05, 4.69) is 5.32 Å². The average molecular weight is 426 g/mol. The fraction of sp³-hybridized carbons (Fsp3) is 0.750. The van der Waals surface area contributed by atoms with E-state index in [0.717, 1.165) is 41.7 Å². The highest BCUT2D eigenvalue weighted by Crippen LogP contribution is 2.51. The van der Waals surface area contributed by atoms with Gasteiger partial charge in [-0.05, 0) is 92.9 Å². The molecule has 6 unspecified atom stereocenters. The maximum absolute atomic E-state index is 12.4. The number of ether oxygens (including phenoxy) is 1. The second-order valence-electron chi connectivity index (χ2n) is 11.0. The van der Waals surface area contributed by atoms with Gasteiger partial charge in [-0.1, -0.05) is 51.0 Å². The highest BCUT2D eigenvalue weighted by atomic mass is 16.5. The first-order valence-electron chi connectivity index (χ1n) is 13.0. The molecule has 0 bridgehead atoms. The van der Waals surface area contributed by atoms with Crippen LogP contribution in [0.25, 0.3) is 0 Å². The van der Waals surface area contributed by atoms with Crippen LogP contribution < -0.4 is 5.32 Å². The molecule has 172 valence electrons. The highest BCUT2D eigenvalue weighted by Gasteiger charge is 2.40. The van der Waals surface area contributed by atoms with Crippen molar-refractivity contribution in [3.63, 3.8) is 0 Å². The fourth-order valence-electron chi connectivity index (χ4n) is 6.84. The Bertz CT molecular complexity index is 708. The molecular formula is C28H43NO2. The van der Waals surface area contributed by atoms with Crippen molar-refractivity contribution in [1.29, 1.82) is 0 Å². The summed E-state index contributed by atoms with van der Waals surface area (Å²) in [6, 6.07) is 0. The summed E-state index contributed by atoms with van der Waals surface area (Å²) in [7, 11) is 1.70. The van der Waals surface area contributed by atoms with Gasteiger partial charge in [-0.25, -0.2) is 0 Å². The molecule has 6 atom stereocenters. The SMILES string of the molecule is COC1(C)C=CC=C(NC(=O)CCCCC2CCC3CC4CCCCC4CC3C2)C=C1. The van der Waals surface area contributed by atoms with Gasteiger partial charge in [0.1, 0.15) is 5.60 Å². The van der Waals surface area contributed by atoms with Gasteiger partial charge in [-0.3, -0.25) is 4.79 Å². The Labute approximate surface area is 189 Å². The molecule has 0 aromatic rings. The molecule has 31 heavy (non-hydrogen) atoms. The molecule has 4 aliphatic carbocycles. The molecular weight excluding hydrogens is 382 g/mol. The summed E-state index contributed by atoms with van der Waals surface area (Å²) in [6.45, 7) is 2.01. The van der Waals surface area contributed by atoms with Crippen LogP contribution in [0.2, 0.25) is 0 Å². The summed E-state index contributed by atoms with van der Waals surface area (Å²) in [4.78, 5) is 12.4.